The number of rotatable bonds is 7. The van der Waals surface area contributed by atoms with Gasteiger partial charge in [0.2, 0.25) is 0 Å². The van der Waals surface area contributed by atoms with E-state index in [0.717, 1.165) is 30.8 Å². The van der Waals surface area contributed by atoms with Crippen molar-refractivity contribution in [2.75, 3.05) is 32.7 Å². The van der Waals surface area contributed by atoms with Crippen molar-refractivity contribution in [1.29, 1.82) is 0 Å². The van der Waals surface area contributed by atoms with Gasteiger partial charge in [-0.15, -0.1) is 6.58 Å². The van der Waals surface area contributed by atoms with Crippen LogP contribution in [0.2, 0.25) is 0 Å². The molecule has 3 aliphatic rings. The molecule has 160 valence electrons. The Bertz CT molecular complexity index is 835. The molecule has 2 atom stereocenters. The van der Waals surface area contributed by atoms with E-state index in [9.17, 15) is 9.59 Å². The zero-order valence-electron chi connectivity index (χ0n) is 17.8. The maximum absolute atomic E-state index is 13.4. The first-order valence-corrected chi connectivity index (χ1v) is 11.1. The van der Waals surface area contributed by atoms with Crippen molar-refractivity contribution in [3.8, 4) is 0 Å². The predicted octanol–water partition coefficient (Wildman–Crippen LogP) is 3.30. The minimum Gasteiger partial charge on any atom is -0.333 e. The van der Waals surface area contributed by atoms with Gasteiger partial charge in [0, 0.05) is 25.7 Å². The lowest BCUT2D eigenvalue weighted by Crippen LogP contribution is -2.47. The summed E-state index contributed by atoms with van der Waals surface area (Å²) in [5, 5.41) is 3.03. The van der Waals surface area contributed by atoms with Crippen LogP contribution in [-0.4, -0.2) is 65.4 Å². The molecule has 1 saturated heterocycles. The number of carbonyl (C=O) groups is 2. The lowest BCUT2D eigenvalue weighted by atomic mass is 9.95. The van der Waals surface area contributed by atoms with E-state index in [0.29, 0.717) is 31.2 Å². The van der Waals surface area contributed by atoms with Gasteiger partial charge in [0.1, 0.15) is 0 Å². The van der Waals surface area contributed by atoms with E-state index in [1.807, 2.05) is 35.2 Å². The Kier molecular flexibility index (Phi) is 6.23. The number of carbonyl (C=O) groups excluding carboxylic acids is 2. The van der Waals surface area contributed by atoms with Gasteiger partial charge in [0.25, 0.3) is 5.91 Å². The van der Waals surface area contributed by atoms with Gasteiger partial charge in [-0.1, -0.05) is 42.8 Å². The summed E-state index contributed by atoms with van der Waals surface area (Å²) in [6.07, 6.45) is 6.51. The van der Waals surface area contributed by atoms with Crippen LogP contribution in [0.15, 0.2) is 54.3 Å². The number of amides is 3. The fourth-order valence-electron chi connectivity index (χ4n) is 4.90. The summed E-state index contributed by atoms with van der Waals surface area (Å²) in [5.74, 6) is 0.0413. The molecule has 3 amide bonds. The highest BCUT2D eigenvalue weighted by Gasteiger charge is 2.43. The predicted molar refractivity (Wildman–Crippen MR) is 118 cm³/mol. The molecule has 6 heteroatoms. The Morgan fingerprint density at radius 1 is 1.17 bits per heavy atom. The number of benzene rings is 1. The number of likely N-dealkylation sites (tertiary alicyclic amines) is 1. The monoisotopic (exact) mass is 408 g/mol. The largest absolute Gasteiger partial charge is 0.333 e. The highest BCUT2D eigenvalue weighted by molar-refractivity contribution is 6.01. The van der Waals surface area contributed by atoms with Gasteiger partial charge >= 0.3 is 6.03 Å². The normalized spacial score (nSPS) is 24.8. The summed E-state index contributed by atoms with van der Waals surface area (Å²) in [7, 11) is 0. The molecule has 6 nitrogen and oxygen atoms in total. The number of hydrogen-bond acceptors (Lipinski definition) is 3. The molecule has 3 aliphatic heterocycles. The number of urea groups is 1. The van der Waals surface area contributed by atoms with E-state index >= 15 is 0 Å². The van der Waals surface area contributed by atoms with Crippen molar-refractivity contribution < 1.29 is 9.59 Å². The summed E-state index contributed by atoms with van der Waals surface area (Å²) in [4.78, 5) is 32.3. The summed E-state index contributed by atoms with van der Waals surface area (Å²) >= 11 is 0. The molecule has 2 unspecified atom stereocenters. The lowest BCUT2D eigenvalue weighted by molar-refractivity contribution is -0.125. The van der Waals surface area contributed by atoms with Crippen LogP contribution < -0.4 is 5.32 Å². The lowest BCUT2D eigenvalue weighted by Gasteiger charge is -2.33. The Morgan fingerprint density at radius 2 is 1.97 bits per heavy atom. The quantitative estimate of drug-likeness (QED) is 0.705. The molecule has 0 radical (unpaired) electrons. The van der Waals surface area contributed by atoms with Crippen LogP contribution in [0.25, 0.3) is 0 Å². The van der Waals surface area contributed by atoms with E-state index in [4.69, 9.17) is 0 Å². The minimum atomic E-state index is -0.394. The fourth-order valence-corrected chi connectivity index (χ4v) is 4.90. The van der Waals surface area contributed by atoms with Crippen LogP contribution >= 0.6 is 0 Å². The van der Waals surface area contributed by atoms with Crippen molar-refractivity contribution in [2.45, 2.75) is 44.7 Å². The number of piperidine rings is 1. The van der Waals surface area contributed by atoms with Gasteiger partial charge in [-0.25, -0.2) is 4.79 Å². The first-order chi connectivity index (χ1) is 14.6. The van der Waals surface area contributed by atoms with Crippen molar-refractivity contribution in [2.24, 2.45) is 0 Å². The average molecular weight is 409 g/mol. The molecule has 0 spiro atoms. The van der Waals surface area contributed by atoms with Gasteiger partial charge in [0.15, 0.2) is 0 Å². The summed E-state index contributed by atoms with van der Waals surface area (Å²) in [6, 6.07) is 9.82. The Labute approximate surface area is 179 Å². The first kappa shape index (κ1) is 20.7. The average Bonchev–Trinajstić information content (AvgIpc) is 3.08. The fraction of sp³-hybridized carbons (Fsp3) is 0.500. The van der Waals surface area contributed by atoms with Crippen LogP contribution in [0.4, 0.5) is 4.79 Å². The van der Waals surface area contributed by atoms with Crippen LogP contribution in [0.3, 0.4) is 0 Å². The smallest absolute Gasteiger partial charge is 0.322 e. The number of nitrogens with one attached hydrogen (secondary N) is 1. The second kappa shape index (κ2) is 9.04. The molecule has 1 N–H and O–H groups in total. The van der Waals surface area contributed by atoms with E-state index in [1.54, 1.807) is 11.0 Å². The van der Waals surface area contributed by atoms with Crippen molar-refractivity contribution in [3.63, 3.8) is 0 Å². The minimum absolute atomic E-state index is 0.0413. The van der Waals surface area contributed by atoms with Gasteiger partial charge in [0.05, 0.1) is 23.9 Å². The van der Waals surface area contributed by atoms with E-state index < -0.39 is 6.04 Å². The summed E-state index contributed by atoms with van der Waals surface area (Å²) in [6.45, 7) is 9.87. The molecule has 0 aliphatic carbocycles. The Morgan fingerprint density at radius 3 is 2.70 bits per heavy atom. The standard InChI is InChI=1S/C24H32N4O2/c1-3-13-28-20-17-27(16-9-15-26-14-8-7-10-18(26)2)23(29)21(20)22(25-24(28)30)19-11-5-4-6-12-19/h3-6,11-12,18,22H,1,7-10,13-17H2,2H3,(H,25,30). The first-order valence-electron chi connectivity index (χ1n) is 11.1. The van der Waals surface area contributed by atoms with Crippen LogP contribution in [0.1, 0.15) is 44.2 Å². The van der Waals surface area contributed by atoms with E-state index in [1.165, 1.54) is 19.3 Å². The van der Waals surface area contributed by atoms with Crippen LogP contribution in [0.5, 0.6) is 0 Å². The molecule has 1 fully saturated rings. The van der Waals surface area contributed by atoms with Gasteiger partial charge in [-0.3, -0.25) is 9.69 Å². The van der Waals surface area contributed by atoms with E-state index in [2.05, 4.69) is 23.7 Å². The molecular weight excluding hydrogens is 376 g/mol. The Hall–Kier alpha value is -2.60. The SMILES string of the molecule is C=CCN1C(=O)NC(c2ccccc2)C2=C1CN(CCCN1CCCCC1C)C2=O. The molecule has 1 aromatic carbocycles. The third kappa shape index (κ3) is 4.01. The van der Waals surface area contributed by atoms with Gasteiger partial charge in [-0.2, -0.15) is 0 Å². The van der Waals surface area contributed by atoms with Crippen molar-refractivity contribution >= 4 is 11.9 Å². The second-order valence-corrected chi connectivity index (χ2v) is 8.51. The zero-order valence-corrected chi connectivity index (χ0v) is 17.8. The Balaban J connectivity index is 1.49. The van der Waals surface area contributed by atoms with Gasteiger partial charge in [-0.05, 0) is 38.3 Å². The topological polar surface area (TPSA) is 55.9 Å². The molecule has 4 rings (SSSR count). The molecule has 1 aromatic rings. The highest BCUT2D eigenvalue weighted by Crippen LogP contribution is 2.36. The van der Waals surface area contributed by atoms with Crippen molar-refractivity contribution in [3.05, 3.63) is 59.8 Å². The highest BCUT2D eigenvalue weighted by atomic mass is 16.2. The molecule has 30 heavy (non-hydrogen) atoms. The zero-order chi connectivity index (χ0) is 21.1. The maximum atomic E-state index is 13.4. The third-order valence-corrected chi connectivity index (χ3v) is 6.56. The molecule has 0 bridgehead atoms. The van der Waals surface area contributed by atoms with Crippen LogP contribution in [0, 0.1) is 0 Å². The van der Waals surface area contributed by atoms with Crippen molar-refractivity contribution in [1.82, 2.24) is 20.0 Å². The number of hydrogen-bond donors (Lipinski definition) is 1. The summed E-state index contributed by atoms with van der Waals surface area (Å²) in [5.41, 5.74) is 2.46. The maximum Gasteiger partial charge on any atom is 0.322 e. The van der Waals surface area contributed by atoms with E-state index in [-0.39, 0.29) is 11.9 Å². The summed E-state index contributed by atoms with van der Waals surface area (Å²) < 4.78 is 0. The molecule has 0 saturated carbocycles. The van der Waals surface area contributed by atoms with Crippen LogP contribution in [-0.2, 0) is 4.79 Å². The molecule has 3 heterocycles. The third-order valence-electron chi connectivity index (χ3n) is 6.56. The van der Waals surface area contributed by atoms with Gasteiger partial charge < -0.3 is 15.1 Å². The molecular formula is C24H32N4O2. The second-order valence-electron chi connectivity index (χ2n) is 8.51. The number of nitrogens with zero attached hydrogens (tertiary/aromatic N) is 3. The molecule has 0 aromatic heterocycles.